The molecule has 1 saturated carbocycles. The Balaban J connectivity index is 1.80. The van der Waals surface area contributed by atoms with Crippen LogP contribution in [-0.2, 0) is 0 Å². The molecule has 1 aliphatic carbocycles. The van der Waals surface area contributed by atoms with E-state index in [-0.39, 0.29) is 11.5 Å². The van der Waals surface area contributed by atoms with Gasteiger partial charge in [0.25, 0.3) is 5.91 Å². The highest BCUT2D eigenvalue weighted by Crippen LogP contribution is 2.43. The summed E-state index contributed by atoms with van der Waals surface area (Å²) in [6.45, 7) is 1.72. The van der Waals surface area contributed by atoms with Crippen molar-refractivity contribution in [3.63, 3.8) is 0 Å². The van der Waals surface area contributed by atoms with Crippen LogP contribution in [0.4, 0.5) is 5.69 Å². The first-order chi connectivity index (χ1) is 10.1. The average molecular weight is 301 g/mol. The van der Waals surface area contributed by atoms with Crippen molar-refractivity contribution in [1.29, 1.82) is 0 Å². The third kappa shape index (κ3) is 2.83. The van der Waals surface area contributed by atoms with Gasteiger partial charge in [-0.3, -0.25) is 4.79 Å². The number of carboxylic acid groups (broad SMARTS) is 1. The molecular formula is C16H15NO3S. The zero-order valence-electron chi connectivity index (χ0n) is 11.6. The van der Waals surface area contributed by atoms with Gasteiger partial charge in [0, 0.05) is 5.69 Å². The molecule has 1 heterocycles. The maximum atomic E-state index is 12.3. The van der Waals surface area contributed by atoms with E-state index in [9.17, 15) is 9.59 Å². The van der Waals surface area contributed by atoms with Crippen LogP contribution >= 0.6 is 11.3 Å². The summed E-state index contributed by atoms with van der Waals surface area (Å²) in [5.41, 5.74) is 2.64. The number of thiophene rings is 1. The Morgan fingerprint density at radius 2 is 2.05 bits per heavy atom. The Labute approximate surface area is 126 Å². The molecule has 0 bridgehead atoms. The summed E-state index contributed by atoms with van der Waals surface area (Å²) < 4.78 is 0. The number of carboxylic acids is 1. The predicted octanol–water partition coefficient (Wildman–Crippen LogP) is 3.88. The third-order valence-electron chi connectivity index (χ3n) is 3.63. The molecule has 3 rings (SSSR count). The fourth-order valence-corrected chi connectivity index (χ4v) is 3.27. The Morgan fingerprint density at radius 3 is 2.67 bits per heavy atom. The second-order valence-electron chi connectivity index (χ2n) is 5.27. The second-order valence-corrected chi connectivity index (χ2v) is 6.18. The van der Waals surface area contributed by atoms with E-state index in [4.69, 9.17) is 5.11 Å². The standard InChI is InChI=1S/C16H15NO3S/c1-9-8-11(4-5-12(9)16(19)20)17-15(18)14-13(6-7-21-14)10-2-3-10/h4-8,10H,2-3H2,1H3,(H,17,18)(H,19,20). The minimum Gasteiger partial charge on any atom is -0.478 e. The first-order valence-corrected chi connectivity index (χ1v) is 7.67. The maximum absolute atomic E-state index is 12.3. The van der Waals surface area contributed by atoms with Gasteiger partial charge in [-0.2, -0.15) is 0 Å². The number of hydrogen-bond acceptors (Lipinski definition) is 3. The highest BCUT2D eigenvalue weighted by Gasteiger charge is 2.28. The molecule has 108 valence electrons. The van der Waals surface area contributed by atoms with Crippen LogP contribution in [0, 0.1) is 6.92 Å². The maximum Gasteiger partial charge on any atom is 0.335 e. The smallest absolute Gasteiger partial charge is 0.335 e. The molecule has 0 aliphatic heterocycles. The minimum absolute atomic E-state index is 0.116. The molecule has 4 nitrogen and oxygen atoms in total. The van der Waals surface area contributed by atoms with Crippen molar-refractivity contribution >= 4 is 28.9 Å². The SMILES string of the molecule is Cc1cc(NC(=O)c2sccc2C2CC2)ccc1C(=O)O. The van der Waals surface area contributed by atoms with E-state index in [2.05, 4.69) is 5.32 Å². The van der Waals surface area contributed by atoms with Gasteiger partial charge in [0.05, 0.1) is 10.4 Å². The van der Waals surface area contributed by atoms with E-state index >= 15 is 0 Å². The molecule has 1 fully saturated rings. The van der Waals surface area contributed by atoms with Crippen LogP contribution in [0.15, 0.2) is 29.6 Å². The highest BCUT2D eigenvalue weighted by atomic mass is 32.1. The van der Waals surface area contributed by atoms with Crippen molar-refractivity contribution in [3.05, 3.63) is 51.2 Å². The molecule has 21 heavy (non-hydrogen) atoms. The molecule has 0 unspecified atom stereocenters. The second kappa shape index (κ2) is 5.33. The fraction of sp³-hybridized carbons (Fsp3) is 0.250. The Morgan fingerprint density at radius 1 is 1.29 bits per heavy atom. The Kier molecular flexibility index (Phi) is 3.51. The van der Waals surface area contributed by atoms with E-state index in [0.717, 1.165) is 23.3 Å². The van der Waals surface area contributed by atoms with Gasteiger partial charge in [-0.15, -0.1) is 11.3 Å². The van der Waals surface area contributed by atoms with Gasteiger partial charge in [0.2, 0.25) is 0 Å². The molecule has 1 aliphatic rings. The number of carbonyl (C=O) groups is 2. The van der Waals surface area contributed by atoms with Crippen molar-refractivity contribution in [3.8, 4) is 0 Å². The fourth-order valence-electron chi connectivity index (χ4n) is 2.39. The largest absolute Gasteiger partial charge is 0.478 e. The van der Waals surface area contributed by atoms with E-state index in [0.29, 0.717) is 17.2 Å². The van der Waals surface area contributed by atoms with Crippen LogP contribution < -0.4 is 5.32 Å². The number of aromatic carboxylic acids is 1. The monoisotopic (exact) mass is 301 g/mol. The quantitative estimate of drug-likeness (QED) is 0.900. The lowest BCUT2D eigenvalue weighted by atomic mass is 10.1. The summed E-state index contributed by atoms with van der Waals surface area (Å²) in [6, 6.07) is 6.85. The van der Waals surface area contributed by atoms with Gasteiger partial charge in [-0.1, -0.05) is 0 Å². The van der Waals surface area contributed by atoms with Crippen LogP contribution in [0.1, 0.15) is 49.9 Å². The summed E-state index contributed by atoms with van der Waals surface area (Å²) in [5.74, 6) is -0.540. The highest BCUT2D eigenvalue weighted by molar-refractivity contribution is 7.12. The van der Waals surface area contributed by atoms with Crippen molar-refractivity contribution in [2.45, 2.75) is 25.7 Å². The summed E-state index contributed by atoms with van der Waals surface area (Å²) in [4.78, 5) is 24.1. The van der Waals surface area contributed by atoms with Crippen molar-refractivity contribution in [2.24, 2.45) is 0 Å². The number of aryl methyl sites for hydroxylation is 1. The predicted molar refractivity (Wildman–Crippen MR) is 82.4 cm³/mol. The van der Waals surface area contributed by atoms with Crippen LogP contribution in [0.2, 0.25) is 0 Å². The molecule has 1 amide bonds. The summed E-state index contributed by atoms with van der Waals surface area (Å²) in [6.07, 6.45) is 2.31. The van der Waals surface area contributed by atoms with Gasteiger partial charge in [-0.25, -0.2) is 4.79 Å². The van der Waals surface area contributed by atoms with Crippen LogP contribution in [-0.4, -0.2) is 17.0 Å². The number of carbonyl (C=O) groups excluding carboxylic acids is 1. The van der Waals surface area contributed by atoms with Crippen molar-refractivity contribution < 1.29 is 14.7 Å². The molecule has 1 aromatic carbocycles. The molecule has 2 aromatic rings. The molecule has 2 N–H and O–H groups in total. The molecule has 1 aromatic heterocycles. The van der Waals surface area contributed by atoms with Crippen molar-refractivity contribution in [2.75, 3.05) is 5.32 Å². The first-order valence-electron chi connectivity index (χ1n) is 6.79. The number of anilines is 1. The average Bonchev–Trinajstić information content (AvgIpc) is 3.15. The lowest BCUT2D eigenvalue weighted by Gasteiger charge is -2.08. The van der Waals surface area contributed by atoms with E-state index in [1.54, 1.807) is 19.1 Å². The molecule has 0 spiro atoms. The Hall–Kier alpha value is -2.14. The Bertz CT molecular complexity index is 716. The zero-order valence-corrected chi connectivity index (χ0v) is 12.4. The number of benzene rings is 1. The molecule has 0 radical (unpaired) electrons. The molecule has 0 saturated heterocycles. The number of hydrogen-bond donors (Lipinski definition) is 2. The van der Waals surface area contributed by atoms with Crippen LogP contribution in [0.5, 0.6) is 0 Å². The molecular weight excluding hydrogens is 286 g/mol. The van der Waals surface area contributed by atoms with Gasteiger partial charge in [0.1, 0.15) is 0 Å². The van der Waals surface area contributed by atoms with E-state index in [1.165, 1.54) is 17.4 Å². The van der Waals surface area contributed by atoms with E-state index in [1.807, 2.05) is 11.4 Å². The molecule has 5 heteroatoms. The third-order valence-corrected chi connectivity index (χ3v) is 4.56. The van der Waals surface area contributed by atoms with Crippen LogP contribution in [0.25, 0.3) is 0 Å². The van der Waals surface area contributed by atoms with Gasteiger partial charge >= 0.3 is 5.97 Å². The zero-order chi connectivity index (χ0) is 15.0. The number of nitrogens with one attached hydrogen (secondary N) is 1. The van der Waals surface area contributed by atoms with E-state index < -0.39 is 5.97 Å². The lowest BCUT2D eigenvalue weighted by molar-refractivity contribution is 0.0696. The van der Waals surface area contributed by atoms with Crippen molar-refractivity contribution in [1.82, 2.24) is 0 Å². The normalized spacial score (nSPS) is 14.0. The summed E-state index contributed by atoms with van der Waals surface area (Å²) >= 11 is 1.45. The van der Waals surface area contributed by atoms with Gasteiger partial charge < -0.3 is 10.4 Å². The summed E-state index contributed by atoms with van der Waals surface area (Å²) in [7, 11) is 0. The number of amides is 1. The first kappa shape index (κ1) is 13.8. The minimum atomic E-state index is -0.959. The topological polar surface area (TPSA) is 66.4 Å². The molecule has 0 atom stereocenters. The number of rotatable bonds is 4. The van der Waals surface area contributed by atoms with Gasteiger partial charge in [0.15, 0.2) is 0 Å². The lowest BCUT2D eigenvalue weighted by Crippen LogP contribution is -2.12. The van der Waals surface area contributed by atoms with Gasteiger partial charge in [-0.05, 0) is 66.5 Å². The summed E-state index contributed by atoms with van der Waals surface area (Å²) in [5, 5.41) is 13.8. The van der Waals surface area contributed by atoms with Crippen LogP contribution in [0.3, 0.4) is 0 Å².